The molecular formula is C22H27N5. The van der Waals surface area contributed by atoms with Gasteiger partial charge in [0.1, 0.15) is 5.82 Å². The molecule has 1 fully saturated rings. The molecule has 4 N–H and O–H groups in total. The SMILES string of the molecule is C=C(N)N=C/C(=C(\C)N)N1CCN(c2cccc(-c3ccccc3)c2)CC1. The van der Waals surface area contributed by atoms with Gasteiger partial charge in [0.15, 0.2) is 0 Å². The van der Waals surface area contributed by atoms with Crippen LogP contribution in [0.4, 0.5) is 5.69 Å². The summed E-state index contributed by atoms with van der Waals surface area (Å²) in [5.74, 6) is 0.283. The van der Waals surface area contributed by atoms with E-state index in [0.717, 1.165) is 37.6 Å². The zero-order valence-corrected chi connectivity index (χ0v) is 15.8. The second-order valence-electron chi connectivity index (χ2n) is 6.71. The number of hydrogen-bond donors (Lipinski definition) is 2. The summed E-state index contributed by atoms with van der Waals surface area (Å²) in [5.41, 5.74) is 17.0. The van der Waals surface area contributed by atoms with Crippen molar-refractivity contribution >= 4 is 11.9 Å². The summed E-state index contributed by atoms with van der Waals surface area (Å²) in [5, 5.41) is 0. The zero-order chi connectivity index (χ0) is 19.2. The van der Waals surface area contributed by atoms with Crippen LogP contribution < -0.4 is 16.4 Å². The molecule has 0 aromatic heterocycles. The Labute approximate surface area is 161 Å². The fraction of sp³-hybridized carbons (Fsp3) is 0.227. The normalized spacial score (nSPS) is 15.7. The maximum atomic E-state index is 6.05. The predicted molar refractivity (Wildman–Crippen MR) is 114 cm³/mol. The molecular weight excluding hydrogens is 334 g/mol. The third kappa shape index (κ3) is 4.70. The van der Waals surface area contributed by atoms with E-state index in [1.165, 1.54) is 16.8 Å². The Morgan fingerprint density at radius 2 is 1.63 bits per heavy atom. The highest BCUT2D eigenvalue weighted by molar-refractivity contribution is 5.79. The van der Waals surface area contributed by atoms with Crippen LogP contribution in [0.15, 0.2) is 83.4 Å². The molecule has 0 radical (unpaired) electrons. The van der Waals surface area contributed by atoms with Crippen molar-refractivity contribution in [1.29, 1.82) is 0 Å². The molecule has 1 aliphatic rings. The Morgan fingerprint density at radius 3 is 2.26 bits per heavy atom. The van der Waals surface area contributed by atoms with E-state index in [2.05, 4.69) is 69.9 Å². The van der Waals surface area contributed by atoms with Crippen molar-refractivity contribution in [2.24, 2.45) is 16.5 Å². The molecule has 5 nitrogen and oxygen atoms in total. The molecule has 1 heterocycles. The van der Waals surface area contributed by atoms with Gasteiger partial charge in [0.25, 0.3) is 0 Å². The van der Waals surface area contributed by atoms with Crippen molar-refractivity contribution in [2.45, 2.75) is 6.92 Å². The van der Waals surface area contributed by atoms with Crippen molar-refractivity contribution in [1.82, 2.24) is 4.90 Å². The highest BCUT2D eigenvalue weighted by atomic mass is 15.3. The van der Waals surface area contributed by atoms with Gasteiger partial charge in [0, 0.05) is 37.6 Å². The molecule has 0 saturated carbocycles. The van der Waals surface area contributed by atoms with Crippen LogP contribution in [0.3, 0.4) is 0 Å². The van der Waals surface area contributed by atoms with Gasteiger partial charge in [-0.1, -0.05) is 49.0 Å². The van der Waals surface area contributed by atoms with Crippen molar-refractivity contribution in [3.05, 3.63) is 78.4 Å². The topological polar surface area (TPSA) is 70.9 Å². The molecule has 5 heteroatoms. The lowest BCUT2D eigenvalue weighted by molar-refractivity contribution is 0.334. The largest absolute Gasteiger partial charge is 0.401 e. The molecule has 0 amide bonds. The minimum absolute atomic E-state index is 0.283. The predicted octanol–water partition coefficient (Wildman–Crippen LogP) is 3.17. The lowest BCUT2D eigenvalue weighted by atomic mass is 10.0. The van der Waals surface area contributed by atoms with Gasteiger partial charge in [-0.3, -0.25) is 0 Å². The summed E-state index contributed by atoms with van der Waals surface area (Å²) in [7, 11) is 0. The summed E-state index contributed by atoms with van der Waals surface area (Å²) in [4.78, 5) is 8.77. The van der Waals surface area contributed by atoms with Crippen LogP contribution in [-0.4, -0.2) is 37.3 Å². The molecule has 0 spiro atoms. The molecule has 0 aliphatic carbocycles. The van der Waals surface area contributed by atoms with Gasteiger partial charge >= 0.3 is 0 Å². The number of piperazine rings is 1. The Balaban J connectivity index is 1.71. The fourth-order valence-corrected chi connectivity index (χ4v) is 3.30. The lowest BCUT2D eigenvalue weighted by Crippen LogP contribution is -2.46. The smallest absolute Gasteiger partial charge is 0.116 e. The zero-order valence-electron chi connectivity index (χ0n) is 15.8. The number of nitrogens with zero attached hydrogens (tertiary/aromatic N) is 3. The number of nitrogens with two attached hydrogens (primary N) is 2. The summed E-state index contributed by atoms with van der Waals surface area (Å²) >= 11 is 0. The Kier molecular flexibility index (Phi) is 5.81. The first-order chi connectivity index (χ1) is 13.0. The van der Waals surface area contributed by atoms with Crippen molar-refractivity contribution in [3.63, 3.8) is 0 Å². The van der Waals surface area contributed by atoms with Crippen LogP contribution >= 0.6 is 0 Å². The number of anilines is 1. The summed E-state index contributed by atoms with van der Waals surface area (Å²) in [6.45, 7) is 9.09. The molecule has 140 valence electrons. The monoisotopic (exact) mass is 361 g/mol. The van der Waals surface area contributed by atoms with E-state index in [4.69, 9.17) is 11.5 Å². The van der Waals surface area contributed by atoms with Crippen LogP contribution in [0, 0.1) is 0 Å². The average molecular weight is 361 g/mol. The quantitative estimate of drug-likeness (QED) is 0.803. The third-order valence-corrected chi connectivity index (χ3v) is 4.70. The molecule has 1 aliphatic heterocycles. The standard InChI is InChI=1S/C22H27N5/c1-17(23)22(16-25-18(2)24)27-13-11-26(12-14-27)21-10-6-9-20(15-21)19-7-4-3-5-8-19/h3-10,15-16H,2,11-14,23-24H2,1H3/b22-17-,25-16?. The molecule has 2 aromatic rings. The van der Waals surface area contributed by atoms with Gasteiger partial charge in [-0.25, -0.2) is 4.99 Å². The number of rotatable bonds is 5. The first-order valence-corrected chi connectivity index (χ1v) is 9.15. The van der Waals surface area contributed by atoms with Gasteiger partial charge in [-0.2, -0.15) is 0 Å². The highest BCUT2D eigenvalue weighted by Crippen LogP contribution is 2.25. The van der Waals surface area contributed by atoms with Gasteiger partial charge in [0.05, 0.1) is 11.9 Å². The molecule has 3 rings (SSSR count). The van der Waals surface area contributed by atoms with Crippen LogP contribution in [-0.2, 0) is 0 Å². The first kappa shape index (κ1) is 18.6. The Bertz CT molecular complexity index is 842. The van der Waals surface area contributed by atoms with Crippen LogP contribution in [0.2, 0.25) is 0 Å². The summed E-state index contributed by atoms with van der Waals surface area (Å²) in [6, 6.07) is 19.2. The van der Waals surface area contributed by atoms with Gasteiger partial charge in [-0.05, 0) is 30.2 Å². The molecule has 2 aromatic carbocycles. The molecule has 0 bridgehead atoms. The Hall–Kier alpha value is -3.21. The van der Waals surface area contributed by atoms with E-state index in [1.54, 1.807) is 6.21 Å². The van der Waals surface area contributed by atoms with Crippen LogP contribution in [0.1, 0.15) is 6.92 Å². The van der Waals surface area contributed by atoms with E-state index in [1.807, 2.05) is 13.0 Å². The van der Waals surface area contributed by atoms with Crippen molar-refractivity contribution in [2.75, 3.05) is 31.1 Å². The lowest BCUT2D eigenvalue weighted by Gasteiger charge is -2.38. The van der Waals surface area contributed by atoms with E-state index in [-0.39, 0.29) is 5.82 Å². The maximum absolute atomic E-state index is 6.05. The minimum atomic E-state index is 0.283. The molecule has 0 atom stereocenters. The summed E-state index contributed by atoms with van der Waals surface area (Å²) in [6.07, 6.45) is 1.71. The van der Waals surface area contributed by atoms with Crippen LogP contribution in [0.5, 0.6) is 0 Å². The van der Waals surface area contributed by atoms with Gasteiger partial charge in [0.2, 0.25) is 0 Å². The second-order valence-corrected chi connectivity index (χ2v) is 6.71. The third-order valence-electron chi connectivity index (χ3n) is 4.70. The minimum Gasteiger partial charge on any atom is -0.401 e. The average Bonchev–Trinajstić information content (AvgIpc) is 2.69. The number of allylic oxidation sites excluding steroid dienone is 2. The highest BCUT2D eigenvalue weighted by Gasteiger charge is 2.19. The van der Waals surface area contributed by atoms with Crippen LogP contribution in [0.25, 0.3) is 11.1 Å². The summed E-state index contributed by atoms with van der Waals surface area (Å²) < 4.78 is 0. The van der Waals surface area contributed by atoms with E-state index < -0.39 is 0 Å². The van der Waals surface area contributed by atoms with Crippen molar-refractivity contribution in [3.8, 4) is 11.1 Å². The second kappa shape index (κ2) is 8.45. The van der Waals surface area contributed by atoms with Crippen molar-refractivity contribution < 1.29 is 0 Å². The van der Waals surface area contributed by atoms with Gasteiger partial charge in [-0.15, -0.1) is 0 Å². The fourth-order valence-electron chi connectivity index (χ4n) is 3.30. The maximum Gasteiger partial charge on any atom is 0.116 e. The van der Waals surface area contributed by atoms with Gasteiger partial charge < -0.3 is 21.3 Å². The van der Waals surface area contributed by atoms with E-state index in [9.17, 15) is 0 Å². The number of benzene rings is 2. The van der Waals surface area contributed by atoms with E-state index in [0.29, 0.717) is 0 Å². The molecule has 0 unspecified atom stereocenters. The molecule has 1 saturated heterocycles. The van der Waals surface area contributed by atoms with E-state index >= 15 is 0 Å². The number of aliphatic imine (C=N–C) groups is 1. The first-order valence-electron chi connectivity index (χ1n) is 9.15. The Morgan fingerprint density at radius 1 is 0.963 bits per heavy atom. The molecule has 27 heavy (non-hydrogen) atoms. The number of hydrogen-bond acceptors (Lipinski definition) is 5.